The van der Waals surface area contributed by atoms with Crippen LogP contribution in [0.2, 0.25) is 0 Å². The number of morpholine rings is 1. The molecule has 8 aliphatic rings. The molecular formula is C41H66N2O8. The van der Waals surface area contributed by atoms with Gasteiger partial charge in [0.2, 0.25) is 5.91 Å². The van der Waals surface area contributed by atoms with E-state index in [-0.39, 0.29) is 69.4 Å². The van der Waals surface area contributed by atoms with Crippen molar-refractivity contribution in [1.29, 1.82) is 0 Å². The molecule has 15 atom stereocenters. The molecule has 0 aromatic carbocycles. The highest BCUT2D eigenvalue weighted by atomic mass is 16.7. The van der Waals surface area contributed by atoms with E-state index in [4.69, 9.17) is 18.9 Å². The van der Waals surface area contributed by atoms with Crippen LogP contribution in [0.4, 0.5) is 0 Å². The Labute approximate surface area is 305 Å². The molecule has 3 heterocycles. The van der Waals surface area contributed by atoms with Crippen LogP contribution < -0.4 is 5.32 Å². The Morgan fingerprint density at radius 1 is 1.06 bits per heavy atom. The Balaban J connectivity index is 1.01. The largest absolute Gasteiger partial charge is 0.457 e. The smallest absolute Gasteiger partial charge is 0.303 e. The summed E-state index contributed by atoms with van der Waals surface area (Å²) < 4.78 is 25.7. The molecule has 8 fully saturated rings. The molecule has 0 aromatic heterocycles. The van der Waals surface area contributed by atoms with Crippen molar-refractivity contribution < 1.29 is 38.7 Å². The molecule has 0 bridgehead atoms. The lowest BCUT2D eigenvalue weighted by atomic mass is 9.41. The molecule has 51 heavy (non-hydrogen) atoms. The minimum absolute atomic E-state index is 0.0157. The summed E-state index contributed by atoms with van der Waals surface area (Å²) in [7, 11) is 0. The van der Waals surface area contributed by atoms with Crippen LogP contribution in [0.15, 0.2) is 0 Å². The molecule has 8 rings (SSSR count). The summed E-state index contributed by atoms with van der Waals surface area (Å²) in [6, 6.07) is -0.0813. The number of hydrogen-bond donors (Lipinski definition) is 3. The monoisotopic (exact) mass is 714 g/mol. The minimum Gasteiger partial charge on any atom is -0.457 e. The number of nitrogens with zero attached hydrogens (tertiary/aromatic N) is 1. The third-order valence-corrected chi connectivity index (χ3v) is 17.2. The van der Waals surface area contributed by atoms with Crippen molar-refractivity contribution in [3.63, 3.8) is 0 Å². The zero-order chi connectivity index (χ0) is 36.5. The molecule has 5 aliphatic carbocycles. The Morgan fingerprint density at radius 2 is 1.78 bits per heavy atom. The highest BCUT2D eigenvalue weighted by molar-refractivity contribution is 5.82. The molecule has 1 amide bonds. The Morgan fingerprint density at radius 3 is 2.49 bits per heavy atom. The number of ether oxygens (including phenoxy) is 4. The van der Waals surface area contributed by atoms with Crippen molar-refractivity contribution in [2.75, 3.05) is 26.2 Å². The van der Waals surface area contributed by atoms with E-state index in [0.29, 0.717) is 31.4 Å². The number of nitrogens with one attached hydrogen (secondary N) is 1. The number of carbonyl (C=O) groups excluding carboxylic acids is 2. The maximum Gasteiger partial charge on any atom is 0.303 e. The average Bonchev–Trinajstić information content (AvgIpc) is 3.69. The van der Waals surface area contributed by atoms with Gasteiger partial charge in [0.05, 0.1) is 49.2 Å². The van der Waals surface area contributed by atoms with Gasteiger partial charge in [-0.25, -0.2) is 0 Å². The third-order valence-electron chi connectivity index (χ3n) is 17.2. The van der Waals surface area contributed by atoms with Gasteiger partial charge >= 0.3 is 5.97 Å². The van der Waals surface area contributed by atoms with E-state index >= 15 is 0 Å². The molecule has 5 unspecified atom stereocenters. The lowest BCUT2D eigenvalue weighted by Crippen LogP contribution is -2.60. The van der Waals surface area contributed by atoms with Crippen LogP contribution in [0.3, 0.4) is 0 Å². The molecule has 10 nitrogen and oxygen atoms in total. The van der Waals surface area contributed by atoms with Crippen molar-refractivity contribution in [2.45, 2.75) is 168 Å². The molecule has 3 aliphatic heterocycles. The lowest BCUT2D eigenvalue weighted by molar-refractivity contribution is -0.251. The Kier molecular flexibility index (Phi) is 8.70. The fourth-order valence-corrected chi connectivity index (χ4v) is 14.9. The predicted molar refractivity (Wildman–Crippen MR) is 190 cm³/mol. The Hall–Kier alpha value is -1.30. The van der Waals surface area contributed by atoms with Crippen LogP contribution in [-0.2, 0) is 28.5 Å². The lowest BCUT2D eigenvalue weighted by Gasteiger charge is -2.64. The third kappa shape index (κ3) is 5.14. The molecule has 2 spiro atoms. The number of hydrogen-bond acceptors (Lipinski definition) is 9. The zero-order valence-corrected chi connectivity index (χ0v) is 32.5. The van der Waals surface area contributed by atoms with Gasteiger partial charge in [-0.3, -0.25) is 14.5 Å². The van der Waals surface area contributed by atoms with Crippen molar-refractivity contribution in [3.05, 3.63) is 0 Å². The van der Waals surface area contributed by atoms with Gasteiger partial charge in [0.1, 0.15) is 0 Å². The standard InChI is InChI=1S/C41H66N2O8/c1-23-20-26(34(37(5,6)47)49-24(2)44)50-32-31(23)38(7)15-16-41-22-40(41)14-13-29(36(3,4)27(40)11-12-28(41)39(38,8)33(32)45)51-30-21-43(18-19-48-30)25-10-9-17-42-35(25)46/h23,25-34,45,47H,9-22H2,1-8H3,(H,42,46)/t23-,25?,26?,27+,28?,29?,30+,31+,32?,33+,34+,38-,39-,40-,41+/m1/s1. The second kappa shape index (κ2) is 12.1. The molecule has 0 radical (unpaired) electrons. The van der Waals surface area contributed by atoms with Gasteiger partial charge in [0, 0.05) is 25.4 Å². The first-order valence-corrected chi connectivity index (χ1v) is 20.4. The number of esters is 1. The summed E-state index contributed by atoms with van der Waals surface area (Å²) in [4.78, 5) is 27.1. The number of carbonyl (C=O) groups is 2. The summed E-state index contributed by atoms with van der Waals surface area (Å²) in [5.74, 6) is 1.14. The SMILES string of the molecule is CC(=O)O[C@@H](C1C[C@@H](C)[C@H]2C(O1)[C@H](O)[C@@]1(C)C3CC[C@H]4C(C)(C)C(O[C@H]5CN(C6CCCNC6=O)CCO5)CC[C@@]45C[C@@]35CC[C@]21C)C(C)(C)O. The van der Waals surface area contributed by atoms with E-state index < -0.39 is 29.9 Å². The van der Waals surface area contributed by atoms with E-state index in [2.05, 4.69) is 44.8 Å². The first-order chi connectivity index (χ1) is 23.9. The fourth-order valence-electron chi connectivity index (χ4n) is 14.9. The number of piperidine rings is 1. The highest BCUT2D eigenvalue weighted by Gasteiger charge is 2.84. The van der Waals surface area contributed by atoms with E-state index in [1.165, 1.54) is 19.8 Å². The number of amides is 1. The molecule has 3 N–H and O–H groups in total. The minimum atomic E-state index is -1.26. The number of aliphatic hydroxyl groups excluding tert-OH is 1. The van der Waals surface area contributed by atoms with Crippen LogP contribution in [0, 0.1) is 50.7 Å². The zero-order valence-electron chi connectivity index (χ0n) is 32.5. The van der Waals surface area contributed by atoms with Crippen LogP contribution in [0.1, 0.15) is 120 Å². The molecule has 10 heteroatoms. The summed E-state index contributed by atoms with van der Waals surface area (Å²) in [6.45, 7) is 19.5. The quantitative estimate of drug-likeness (QED) is 0.332. The predicted octanol–water partition coefficient (Wildman–Crippen LogP) is 4.82. The van der Waals surface area contributed by atoms with Gasteiger partial charge in [-0.05, 0) is 123 Å². The highest BCUT2D eigenvalue weighted by Crippen LogP contribution is 2.89. The van der Waals surface area contributed by atoms with Crippen LogP contribution >= 0.6 is 0 Å². The summed E-state index contributed by atoms with van der Waals surface area (Å²) in [5.41, 5.74) is -1.16. The van der Waals surface area contributed by atoms with Gasteiger partial charge in [0.15, 0.2) is 12.4 Å². The second-order valence-electron chi connectivity index (χ2n) is 20.1. The van der Waals surface area contributed by atoms with Gasteiger partial charge in [-0.2, -0.15) is 0 Å². The molecule has 5 saturated carbocycles. The van der Waals surface area contributed by atoms with E-state index in [1.807, 2.05) is 0 Å². The first-order valence-electron chi connectivity index (χ1n) is 20.4. The van der Waals surface area contributed by atoms with Crippen molar-refractivity contribution in [1.82, 2.24) is 10.2 Å². The number of rotatable bonds is 6. The number of fused-ring (bicyclic) bond motifs is 4. The van der Waals surface area contributed by atoms with Crippen molar-refractivity contribution >= 4 is 11.9 Å². The first kappa shape index (κ1) is 36.7. The van der Waals surface area contributed by atoms with Crippen molar-refractivity contribution in [3.8, 4) is 0 Å². The summed E-state index contributed by atoms with van der Waals surface area (Å²) >= 11 is 0. The molecule has 3 saturated heterocycles. The van der Waals surface area contributed by atoms with Gasteiger partial charge in [-0.15, -0.1) is 0 Å². The molecule has 0 aromatic rings. The van der Waals surface area contributed by atoms with Gasteiger partial charge in [-0.1, -0.05) is 34.6 Å². The Bertz CT molecular complexity index is 1400. The van der Waals surface area contributed by atoms with E-state index in [9.17, 15) is 19.8 Å². The van der Waals surface area contributed by atoms with Crippen LogP contribution in [0.5, 0.6) is 0 Å². The van der Waals surface area contributed by atoms with Gasteiger partial charge in [0.25, 0.3) is 0 Å². The fraction of sp³-hybridized carbons (Fsp3) is 0.951. The maximum atomic E-state index is 12.7. The normalized spacial score (nSPS) is 51.1. The van der Waals surface area contributed by atoms with Crippen molar-refractivity contribution in [2.24, 2.45) is 50.7 Å². The molecule has 288 valence electrons. The summed E-state index contributed by atoms with van der Waals surface area (Å²) in [5, 5.41) is 26.7. The van der Waals surface area contributed by atoms with Crippen LogP contribution in [0.25, 0.3) is 0 Å². The average molecular weight is 715 g/mol. The maximum absolute atomic E-state index is 12.7. The van der Waals surface area contributed by atoms with E-state index in [0.717, 1.165) is 58.0 Å². The molecular weight excluding hydrogens is 648 g/mol. The second-order valence-corrected chi connectivity index (χ2v) is 20.1. The van der Waals surface area contributed by atoms with Crippen LogP contribution in [-0.4, -0.2) is 102 Å². The van der Waals surface area contributed by atoms with E-state index in [1.54, 1.807) is 13.8 Å². The summed E-state index contributed by atoms with van der Waals surface area (Å²) in [6.07, 6.45) is 8.10. The number of aliphatic hydroxyl groups is 2. The topological polar surface area (TPSA) is 127 Å². The van der Waals surface area contributed by atoms with Gasteiger partial charge < -0.3 is 34.5 Å².